The topological polar surface area (TPSA) is 55.4 Å². The van der Waals surface area contributed by atoms with E-state index in [2.05, 4.69) is 5.32 Å². The van der Waals surface area contributed by atoms with Crippen LogP contribution >= 0.6 is 22.9 Å². The van der Waals surface area contributed by atoms with E-state index in [1.165, 1.54) is 0 Å². The van der Waals surface area contributed by atoms with Crippen LogP contribution in [0.4, 0.5) is 18.2 Å². The van der Waals surface area contributed by atoms with Crippen molar-refractivity contribution in [3.8, 4) is 11.1 Å². The van der Waals surface area contributed by atoms with E-state index in [4.69, 9.17) is 16.3 Å². The summed E-state index contributed by atoms with van der Waals surface area (Å²) in [5.41, 5.74) is 0.495. The fourth-order valence-electron chi connectivity index (χ4n) is 2.57. The number of carbonyl (C=O) groups is 2. The minimum absolute atomic E-state index is 0.0653. The van der Waals surface area contributed by atoms with Crippen LogP contribution in [0.25, 0.3) is 11.1 Å². The van der Waals surface area contributed by atoms with Gasteiger partial charge in [-0.2, -0.15) is 0 Å². The molecule has 0 aliphatic rings. The number of benzene rings is 2. The van der Waals surface area contributed by atoms with Gasteiger partial charge in [0.1, 0.15) is 10.6 Å². The number of hydrogen-bond donors (Lipinski definition) is 1. The van der Waals surface area contributed by atoms with Gasteiger partial charge in [0, 0.05) is 16.0 Å². The van der Waals surface area contributed by atoms with E-state index in [1.807, 2.05) is 0 Å². The lowest BCUT2D eigenvalue weighted by Gasteiger charge is -2.09. The third-order valence-electron chi connectivity index (χ3n) is 3.93. The largest absolute Gasteiger partial charge is 0.462 e. The molecule has 0 fully saturated rings. The van der Waals surface area contributed by atoms with Crippen LogP contribution in [0, 0.1) is 17.5 Å². The van der Waals surface area contributed by atoms with Gasteiger partial charge in [0.15, 0.2) is 17.5 Å². The highest BCUT2D eigenvalue weighted by molar-refractivity contribution is 7.15. The van der Waals surface area contributed by atoms with Gasteiger partial charge < -0.3 is 10.1 Å². The monoisotopic (exact) mass is 439 g/mol. The second-order valence-corrected chi connectivity index (χ2v) is 7.07. The lowest BCUT2D eigenvalue weighted by Crippen LogP contribution is -2.17. The van der Waals surface area contributed by atoms with Gasteiger partial charge in [-0.1, -0.05) is 23.7 Å². The highest BCUT2D eigenvalue weighted by atomic mass is 35.5. The average molecular weight is 440 g/mol. The molecule has 0 aliphatic carbocycles. The number of nitrogens with one attached hydrogen (secondary N) is 1. The first-order valence-corrected chi connectivity index (χ1v) is 9.58. The smallest absolute Gasteiger partial charge is 0.341 e. The molecule has 0 bridgehead atoms. The average Bonchev–Trinajstić information content (AvgIpc) is 3.10. The van der Waals surface area contributed by atoms with E-state index in [9.17, 15) is 22.8 Å². The van der Waals surface area contributed by atoms with Gasteiger partial charge >= 0.3 is 5.97 Å². The summed E-state index contributed by atoms with van der Waals surface area (Å²) in [6.07, 6.45) is 0. The molecule has 9 heteroatoms. The Kier molecular flexibility index (Phi) is 6.24. The van der Waals surface area contributed by atoms with Crippen molar-refractivity contribution in [3.63, 3.8) is 0 Å². The molecule has 4 nitrogen and oxygen atoms in total. The number of amides is 1. The predicted molar refractivity (Wildman–Crippen MR) is 105 cm³/mol. The zero-order valence-corrected chi connectivity index (χ0v) is 16.5. The second kappa shape index (κ2) is 8.67. The van der Waals surface area contributed by atoms with Crippen molar-refractivity contribution in [1.82, 2.24) is 0 Å². The van der Waals surface area contributed by atoms with Crippen LogP contribution in [0.3, 0.4) is 0 Å². The van der Waals surface area contributed by atoms with Crippen molar-refractivity contribution in [2.45, 2.75) is 6.92 Å². The molecule has 1 heterocycles. The van der Waals surface area contributed by atoms with E-state index >= 15 is 0 Å². The summed E-state index contributed by atoms with van der Waals surface area (Å²) in [5, 5.41) is 4.59. The molecular weight excluding hydrogens is 427 g/mol. The maximum absolute atomic E-state index is 13.9. The number of halogens is 4. The van der Waals surface area contributed by atoms with Gasteiger partial charge in [-0.15, -0.1) is 11.3 Å². The third-order valence-corrected chi connectivity index (χ3v) is 5.08. The number of rotatable bonds is 5. The molecule has 0 radical (unpaired) electrons. The van der Waals surface area contributed by atoms with Crippen LogP contribution in [0.1, 0.15) is 27.6 Å². The van der Waals surface area contributed by atoms with Crippen molar-refractivity contribution in [2.24, 2.45) is 0 Å². The number of carbonyl (C=O) groups excluding carboxylic acids is 2. The van der Waals surface area contributed by atoms with Crippen molar-refractivity contribution in [2.75, 3.05) is 11.9 Å². The minimum Gasteiger partial charge on any atom is -0.462 e. The van der Waals surface area contributed by atoms with Crippen LogP contribution < -0.4 is 5.32 Å². The molecule has 1 aromatic heterocycles. The first-order valence-electron chi connectivity index (χ1n) is 8.32. The van der Waals surface area contributed by atoms with Crippen LogP contribution in [-0.4, -0.2) is 18.5 Å². The number of ether oxygens (including phenoxy) is 1. The molecule has 0 atom stereocenters. The van der Waals surface area contributed by atoms with Gasteiger partial charge in [0.2, 0.25) is 0 Å². The molecule has 150 valence electrons. The number of hydrogen-bond acceptors (Lipinski definition) is 4. The van der Waals surface area contributed by atoms with Crippen LogP contribution in [0.2, 0.25) is 5.02 Å². The van der Waals surface area contributed by atoms with E-state index in [0.717, 1.165) is 17.4 Å². The molecule has 29 heavy (non-hydrogen) atoms. The number of thiophene rings is 1. The summed E-state index contributed by atoms with van der Waals surface area (Å²) < 4.78 is 45.5. The maximum atomic E-state index is 13.9. The van der Waals surface area contributed by atoms with E-state index in [-0.39, 0.29) is 17.2 Å². The molecule has 1 amide bonds. The zero-order valence-electron chi connectivity index (χ0n) is 14.9. The van der Waals surface area contributed by atoms with Crippen molar-refractivity contribution >= 4 is 39.8 Å². The Balaban J connectivity index is 2.01. The molecular formula is C20H13ClF3NO3S. The Bertz CT molecular complexity index is 1080. The Morgan fingerprint density at radius 2 is 1.76 bits per heavy atom. The highest BCUT2D eigenvalue weighted by Crippen LogP contribution is 2.37. The van der Waals surface area contributed by atoms with Crippen LogP contribution in [0.15, 0.2) is 41.8 Å². The molecule has 2 aromatic carbocycles. The summed E-state index contributed by atoms with van der Waals surface area (Å²) >= 11 is 6.90. The lowest BCUT2D eigenvalue weighted by atomic mass is 10.0. The third kappa shape index (κ3) is 4.28. The van der Waals surface area contributed by atoms with Crippen molar-refractivity contribution in [3.05, 3.63) is 75.4 Å². The highest BCUT2D eigenvalue weighted by Gasteiger charge is 2.25. The standard InChI is InChI=1S/C20H13ClF3NO3S/c1-2-28-20(27)15-13(10-3-5-11(21)6-4-10)9-29-19(15)25-18(26)12-7-8-14(22)17(24)16(12)23/h3-9H,2H2,1H3,(H,25,26). The zero-order chi connectivity index (χ0) is 21.1. The fourth-order valence-corrected chi connectivity index (χ4v) is 3.65. The first kappa shape index (κ1) is 20.9. The van der Waals surface area contributed by atoms with Gasteiger partial charge in [0.25, 0.3) is 5.91 Å². The molecule has 0 saturated carbocycles. The molecule has 3 aromatic rings. The van der Waals surface area contributed by atoms with Crippen LogP contribution in [-0.2, 0) is 4.74 Å². The number of esters is 1. The van der Waals surface area contributed by atoms with E-state index in [0.29, 0.717) is 22.2 Å². The summed E-state index contributed by atoms with van der Waals surface area (Å²) in [6, 6.07) is 8.12. The second-order valence-electron chi connectivity index (χ2n) is 5.76. The summed E-state index contributed by atoms with van der Waals surface area (Å²) in [5.74, 6) is -6.51. The number of anilines is 1. The Labute approximate surface area is 172 Å². The Hall–Kier alpha value is -2.84. The van der Waals surface area contributed by atoms with Gasteiger partial charge in [-0.05, 0) is 36.8 Å². The van der Waals surface area contributed by atoms with E-state index < -0.39 is 34.9 Å². The fraction of sp³-hybridized carbons (Fsp3) is 0.100. The molecule has 3 rings (SSSR count). The first-order chi connectivity index (χ1) is 13.8. The maximum Gasteiger partial charge on any atom is 0.341 e. The Morgan fingerprint density at radius 3 is 2.41 bits per heavy atom. The van der Waals surface area contributed by atoms with Crippen LogP contribution in [0.5, 0.6) is 0 Å². The molecule has 0 saturated heterocycles. The normalized spacial score (nSPS) is 10.7. The van der Waals surface area contributed by atoms with Gasteiger partial charge in [0.05, 0.1) is 12.2 Å². The molecule has 0 unspecified atom stereocenters. The molecule has 1 N–H and O–H groups in total. The van der Waals surface area contributed by atoms with Gasteiger partial charge in [-0.25, -0.2) is 18.0 Å². The summed E-state index contributed by atoms with van der Waals surface area (Å²) in [6.45, 7) is 1.72. The lowest BCUT2D eigenvalue weighted by molar-refractivity contribution is 0.0529. The van der Waals surface area contributed by atoms with Crippen molar-refractivity contribution < 1.29 is 27.5 Å². The Morgan fingerprint density at radius 1 is 1.07 bits per heavy atom. The molecule has 0 spiro atoms. The summed E-state index contributed by atoms with van der Waals surface area (Å²) in [7, 11) is 0. The van der Waals surface area contributed by atoms with Gasteiger partial charge in [-0.3, -0.25) is 4.79 Å². The SMILES string of the molecule is CCOC(=O)c1c(-c2ccc(Cl)cc2)csc1NC(=O)c1ccc(F)c(F)c1F. The van der Waals surface area contributed by atoms with Crippen molar-refractivity contribution in [1.29, 1.82) is 0 Å². The molecule has 0 aliphatic heterocycles. The summed E-state index contributed by atoms with van der Waals surface area (Å²) in [4.78, 5) is 24.9. The quantitative estimate of drug-likeness (QED) is 0.397. The minimum atomic E-state index is -1.75. The van der Waals surface area contributed by atoms with E-state index in [1.54, 1.807) is 36.6 Å². The predicted octanol–water partition coefficient (Wildman–Crippen LogP) is 5.91.